The Bertz CT molecular complexity index is 959. The van der Waals surface area contributed by atoms with E-state index in [2.05, 4.69) is 4.98 Å². The smallest absolute Gasteiger partial charge is 0.246 e. The Labute approximate surface area is 161 Å². The molecule has 2 aromatic rings. The van der Waals surface area contributed by atoms with Crippen LogP contribution in [0, 0.1) is 5.82 Å². The minimum atomic E-state index is -3.79. The summed E-state index contributed by atoms with van der Waals surface area (Å²) in [5.74, 6) is -0.868. The van der Waals surface area contributed by atoms with E-state index in [1.807, 2.05) is 6.07 Å². The van der Waals surface area contributed by atoms with Gasteiger partial charge in [-0.3, -0.25) is 9.78 Å². The third kappa shape index (κ3) is 4.52. The zero-order chi connectivity index (χ0) is 19.4. The fourth-order valence-electron chi connectivity index (χ4n) is 2.68. The summed E-state index contributed by atoms with van der Waals surface area (Å²) in [6.45, 7) is 0.850. The number of hydrogen-bond acceptors (Lipinski definition) is 4. The lowest BCUT2D eigenvalue weighted by atomic mass is 10.2. The standard InChI is InChI=1S/C18H17ClFN3O3S/c19-16-12-15(4-5-17(16)20)27(25,26)23-10-8-22(9-11-23)18(24)6-3-14-2-1-7-21-13-14/h1-7,12-13H,8-11H2/b6-3+. The van der Waals surface area contributed by atoms with Crippen molar-refractivity contribution in [3.05, 3.63) is 65.2 Å². The second-order valence-electron chi connectivity index (χ2n) is 5.92. The number of amides is 1. The molecule has 1 aliphatic heterocycles. The maximum Gasteiger partial charge on any atom is 0.246 e. The van der Waals surface area contributed by atoms with Crippen molar-refractivity contribution in [2.24, 2.45) is 0 Å². The van der Waals surface area contributed by atoms with Crippen molar-refractivity contribution in [1.82, 2.24) is 14.2 Å². The number of benzene rings is 1. The molecule has 0 atom stereocenters. The van der Waals surface area contributed by atoms with Gasteiger partial charge in [-0.15, -0.1) is 0 Å². The van der Waals surface area contributed by atoms with Crippen molar-refractivity contribution in [2.45, 2.75) is 4.90 Å². The number of carbonyl (C=O) groups is 1. The molecule has 1 fully saturated rings. The summed E-state index contributed by atoms with van der Waals surface area (Å²) >= 11 is 5.69. The number of aromatic nitrogens is 1. The van der Waals surface area contributed by atoms with Gasteiger partial charge in [0.15, 0.2) is 0 Å². The fraction of sp³-hybridized carbons (Fsp3) is 0.222. The molecule has 1 aliphatic rings. The van der Waals surface area contributed by atoms with Crippen molar-refractivity contribution in [3.63, 3.8) is 0 Å². The number of sulfonamides is 1. The predicted octanol–water partition coefficient (Wildman–Crippen LogP) is 2.42. The van der Waals surface area contributed by atoms with E-state index >= 15 is 0 Å². The van der Waals surface area contributed by atoms with Gasteiger partial charge in [0.25, 0.3) is 0 Å². The lowest BCUT2D eigenvalue weighted by Gasteiger charge is -2.33. The number of pyridine rings is 1. The van der Waals surface area contributed by atoms with Gasteiger partial charge in [0.05, 0.1) is 9.92 Å². The van der Waals surface area contributed by atoms with Crippen LogP contribution < -0.4 is 0 Å². The Morgan fingerprint density at radius 3 is 2.56 bits per heavy atom. The van der Waals surface area contributed by atoms with Gasteiger partial charge in [-0.05, 0) is 35.9 Å². The second-order valence-corrected chi connectivity index (χ2v) is 8.27. The van der Waals surface area contributed by atoms with Crippen molar-refractivity contribution < 1.29 is 17.6 Å². The molecule has 0 unspecified atom stereocenters. The molecule has 0 radical (unpaired) electrons. The minimum Gasteiger partial charge on any atom is -0.337 e. The van der Waals surface area contributed by atoms with E-state index in [0.29, 0.717) is 0 Å². The SMILES string of the molecule is O=C(/C=C/c1cccnc1)N1CCN(S(=O)(=O)c2ccc(F)c(Cl)c2)CC1. The van der Waals surface area contributed by atoms with Crippen molar-refractivity contribution >= 4 is 33.6 Å². The lowest BCUT2D eigenvalue weighted by molar-refractivity contribution is -0.127. The van der Waals surface area contributed by atoms with Crippen LogP contribution in [0.2, 0.25) is 5.02 Å². The van der Waals surface area contributed by atoms with Crippen molar-refractivity contribution in [3.8, 4) is 0 Å². The van der Waals surface area contributed by atoms with Crippen LogP contribution in [0.4, 0.5) is 4.39 Å². The summed E-state index contributed by atoms with van der Waals surface area (Å²) in [6, 6.07) is 6.91. The number of rotatable bonds is 4. The first-order chi connectivity index (χ1) is 12.9. The Hall–Kier alpha value is -2.29. The molecule has 1 aromatic carbocycles. The monoisotopic (exact) mass is 409 g/mol. The summed E-state index contributed by atoms with van der Waals surface area (Å²) in [4.78, 5) is 17.8. The molecule has 1 aromatic heterocycles. The Balaban J connectivity index is 1.63. The highest BCUT2D eigenvalue weighted by Crippen LogP contribution is 2.23. The molecule has 0 N–H and O–H groups in total. The molecule has 1 saturated heterocycles. The highest BCUT2D eigenvalue weighted by atomic mass is 35.5. The van der Waals surface area contributed by atoms with Crippen LogP contribution in [0.1, 0.15) is 5.56 Å². The normalized spacial score (nSPS) is 16.0. The van der Waals surface area contributed by atoms with Crippen LogP contribution in [0.3, 0.4) is 0 Å². The van der Waals surface area contributed by atoms with Crippen LogP contribution >= 0.6 is 11.6 Å². The maximum atomic E-state index is 13.3. The second kappa shape index (κ2) is 8.16. The number of piperazine rings is 1. The zero-order valence-corrected chi connectivity index (χ0v) is 15.8. The number of hydrogen-bond donors (Lipinski definition) is 0. The predicted molar refractivity (Wildman–Crippen MR) is 100 cm³/mol. The van der Waals surface area contributed by atoms with Crippen molar-refractivity contribution in [2.75, 3.05) is 26.2 Å². The average molecular weight is 410 g/mol. The third-order valence-electron chi connectivity index (χ3n) is 4.18. The van der Waals surface area contributed by atoms with Gasteiger partial charge in [-0.25, -0.2) is 12.8 Å². The number of nitrogens with zero attached hydrogens (tertiary/aromatic N) is 3. The first kappa shape index (κ1) is 19.5. The van der Waals surface area contributed by atoms with Crippen molar-refractivity contribution in [1.29, 1.82) is 0 Å². The van der Waals surface area contributed by atoms with E-state index in [-0.39, 0.29) is 42.0 Å². The highest BCUT2D eigenvalue weighted by molar-refractivity contribution is 7.89. The van der Waals surface area contributed by atoms with E-state index in [4.69, 9.17) is 11.6 Å². The molecular formula is C18H17ClFN3O3S. The molecule has 6 nitrogen and oxygen atoms in total. The van der Waals surface area contributed by atoms with E-state index in [1.165, 1.54) is 16.4 Å². The van der Waals surface area contributed by atoms with E-state index in [1.54, 1.807) is 29.4 Å². The van der Waals surface area contributed by atoms with Crippen LogP contribution in [-0.2, 0) is 14.8 Å². The molecule has 1 amide bonds. The molecule has 27 heavy (non-hydrogen) atoms. The van der Waals surface area contributed by atoms with Gasteiger partial charge >= 0.3 is 0 Å². The van der Waals surface area contributed by atoms with E-state index in [9.17, 15) is 17.6 Å². The van der Waals surface area contributed by atoms with Gasteiger partial charge in [0, 0.05) is 44.6 Å². The molecule has 0 saturated carbocycles. The Kier molecular flexibility index (Phi) is 5.88. The van der Waals surface area contributed by atoms with Crippen LogP contribution in [0.25, 0.3) is 6.08 Å². The summed E-state index contributed by atoms with van der Waals surface area (Å²) in [5, 5.41) is -0.245. The summed E-state index contributed by atoms with van der Waals surface area (Å²) in [5.41, 5.74) is 0.806. The van der Waals surface area contributed by atoms with Gasteiger partial charge in [0.1, 0.15) is 5.82 Å². The third-order valence-corrected chi connectivity index (χ3v) is 6.37. The molecule has 2 heterocycles. The summed E-state index contributed by atoms with van der Waals surface area (Å²) in [6.07, 6.45) is 6.40. The molecule has 0 spiro atoms. The van der Waals surface area contributed by atoms with E-state index in [0.717, 1.165) is 17.7 Å². The minimum absolute atomic E-state index is 0.0647. The van der Waals surface area contributed by atoms with Crippen LogP contribution in [-0.4, -0.2) is 54.7 Å². The largest absolute Gasteiger partial charge is 0.337 e. The zero-order valence-electron chi connectivity index (χ0n) is 14.3. The highest BCUT2D eigenvalue weighted by Gasteiger charge is 2.30. The fourth-order valence-corrected chi connectivity index (χ4v) is 4.38. The quantitative estimate of drug-likeness (QED) is 0.727. The maximum absolute atomic E-state index is 13.3. The number of halogens is 2. The number of carbonyl (C=O) groups excluding carboxylic acids is 1. The molecular weight excluding hydrogens is 393 g/mol. The van der Waals surface area contributed by atoms with Gasteiger partial charge < -0.3 is 4.90 Å². The van der Waals surface area contributed by atoms with Gasteiger partial charge in [0.2, 0.25) is 15.9 Å². The van der Waals surface area contributed by atoms with Crippen LogP contribution in [0.5, 0.6) is 0 Å². The average Bonchev–Trinajstić information content (AvgIpc) is 2.69. The Morgan fingerprint density at radius 1 is 1.19 bits per heavy atom. The van der Waals surface area contributed by atoms with Crippen LogP contribution in [0.15, 0.2) is 53.7 Å². The summed E-state index contributed by atoms with van der Waals surface area (Å²) in [7, 11) is -3.79. The lowest BCUT2D eigenvalue weighted by Crippen LogP contribution is -2.50. The summed E-state index contributed by atoms with van der Waals surface area (Å²) < 4.78 is 39.9. The van der Waals surface area contributed by atoms with Gasteiger partial charge in [-0.2, -0.15) is 4.31 Å². The molecule has 9 heteroatoms. The molecule has 3 rings (SSSR count). The topological polar surface area (TPSA) is 70.6 Å². The molecule has 142 valence electrons. The molecule has 0 bridgehead atoms. The first-order valence-electron chi connectivity index (χ1n) is 8.20. The first-order valence-corrected chi connectivity index (χ1v) is 10.0. The Morgan fingerprint density at radius 2 is 1.93 bits per heavy atom. The van der Waals surface area contributed by atoms with Gasteiger partial charge in [-0.1, -0.05) is 17.7 Å². The van der Waals surface area contributed by atoms with E-state index < -0.39 is 15.8 Å². The molecule has 0 aliphatic carbocycles.